The fraction of sp³-hybridized carbons (Fsp3) is 0.267. The number of pyridine rings is 1. The van der Waals surface area contributed by atoms with Crippen molar-refractivity contribution in [2.24, 2.45) is 0 Å². The van der Waals surface area contributed by atoms with Crippen LogP contribution in [0.2, 0.25) is 5.02 Å². The first-order valence-corrected chi connectivity index (χ1v) is 6.65. The third-order valence-electron chi connectivity index (χ3n) is 2.98. The minimum Gasteiger partial charge on any atom is -0.310 e. The predicted octanol–water partition coefficient (Wildman–Crippen LogP) is 3.77. The summed E-state index contributed by atoms with van der Waals surface area (Å²) in [5.74, 6) is -0.312. The van der Waals surface area contributed by atoms with Gasteiger partial charge in [0.25, 0.3) is 0 Å². The van der Waals surface area contributed by atoms with Crippen LogP contribution in [-0.2, 0) is 6.42 Å². The Bertz CT molecular complexity index is 531. The Balaban J connectivity index is 2.24. The molecular formula is C15H16ClFN2. The maximum atomic E-state index is 13.1. The number of rotatable bonds is 5. The number of nitrogens with one attached hydrogen (secondary N) is 1. The second kappa shape index (κ2) is 6.64. The van der Waals surface area contributed by atoms with Gasteiger partial charge in [-0.05, 0) is 48.4 Å². The van der Waals surface area contributed by atoms with Gasteiger partial charge in [0.1, 0.15) is 5.82 Å². The molecule has 0 radical (unpaired) electrons. The summed E-state index contributed by atoms with van der Waals surface area (Å²) in [4.78, 5) is 4.00. The number of nitrogens with zero attached hydrogens (tertiary/aromatic N) is 1. The Morgan fingerprint density at radius 3 is 2.63 bits per heavy atom. The normalized spacial score (nSPS) is 12.4. The van der Waals surface area contributed by atoms with Gasteiger partial charge in [-0.25, -0.2) is 4.39 Å². The summed E-state index contributed by atoms with van der Waals surface area (Å²) < 4.78 is 13.1. The summed E-state index contributed by atoms with van der Waals surface area (Å²) >= 11 is 6.13. The number of halogens is 2. The molecule has 1 N–H and O–H groups in total. The quantitative estimate of drug-likeness (QED) is 0.901. The summed E-state index contributed by atoms with van der Waals surface area (Å²) in [7, 11) is 0. The van der Waals surface area contributed by atoms with E-state index in [1.165, 1.54) is 17.7 Å². The molecule has 100 valence electrons. The summed E-state index contributed by atoms with van der Waals surface area (Å²) in [5.41, 5.74) is 2.09. The van der Waals surface area contributed by atoms with Crippen LogP contribution in [0.3, 0.4) is 0 Å². The molecule has 0 aliphatic carbocycles. The van der Waals surface area contributed by atoms with Gasteiger partial charge in [-0.3, -0.25) is 4.98 Å². The van der Waals surface area contributed by atoms with Gasteiger partial charge < -0.3 is 5.32 Å². The lowest BCUT2D eigenvalue weighted by Crippen LogP contribution is -2.23. The Kier molecular flexibility index (Phi) is 4.88. The molecule has 1 atom stereocenters. The van der Waals surface area contributed by atoms with Crippen LogP contribution in [0.1, 0.15) is 24.1 Å². The van der Waals surface area contributed by atoms with Crippen molar-refractivity contribution >= 4 is 11.6 Å². The second-order valence-electron chi connectivity index (χ2n) is 4.34. The zero-order chi connectivity index (χ0) is 13.7. The molecule has 1 aromatic heterocycles. The highest BCUT2D eigenvalue weighted by atomic mass is 35.5. The van der Waals surface area contributed by atoms with Crippen molar-refractivity contribution in [3.05, 3.63) is 64.7 Å². The van der Waals surface area contributed by atoms with Crippen molar-refractivity contribution in [2.45, 2.75) is 19.4 Å². The van der Waals surface area contributed by atoms with E-state index < -0.39 is 0 Å². The third-order valence-corrected chi connectivity index (χ3v) is 3.30. The molecule has 19 heavy (non-hydrogen) atoms. The van der Waals surface area contributed by atoms with E-state index in [4.69, 9.17) is 11.6 Å². The largest absolute Gasteiger partial charge is 0.310 e. The highest BCUT2D eigenvalue weighted by Gasteiger charge is 2.14. The highest BCUT2D eigenvalue weighted by Crippen LogP contribution is 2.26. The van der Waals surface area contributed by atoms with Gasteiger partial charge in [0.05, 0.1) is 0 Å². The lowest BCUT2D eigenvalue weighted by atomic mass is 9.99. The van der Waals surface area contributed by atoms with Gasteiger partial charge in [0, 0.05) is 23.5 Å². The first kappa shape index (κ1) is 14.0. The number of benzene rings is 1. The first-order valence-electron chi connectivity index (χ1n) is 6.28. The zero-order valence-corrected chi connectivity index (χ0v) is 11.5. The van der Waals surface area contributed by atoms with Gasteiger partial charge >= 0.3 is 0 Å². The van der Waals surface area contributed by atoms with Gasteiger partial charge in [0.15, 0.2) is 0 Å². The number of aromatic nitrogens is 1. The van der Waals surface area contributed by atoms with Crippen LogP contribution in [-0.4, -0.2) is 11.5 Å². The van der Waals surface area contributed by atoms with Gasteiger partial charge in [-0.1, -0.05) is 24.6 Å². The molecule has 0 bridgehead atoms. The molecule has 0 spiro atoms. The van der Waals surface area contributed by atoms with Crippen molar-refractivity contribution in [1.82, 2.24) is 10.3 Å². The van der Waals surface area contributed by atoms with Crippen LogP contribution in [0.25, 0.3) is 0 Å². The van der Waals surface area contributed by atoms with Crippen LogP contribution in [0.5, 0.6) is 0 Å². The maximum absolute atomic E-state index is 13.1. The van der Waals surface area contributed by atoms with Crippen molar-refractivity contribution in [1.29, 1.82) is 0 Å². The zero-order valence-electron chi connectivity index (χ0n) is 10.7. The van der Waals surface area contributed by atoms with Crippen molar-refractivity contribution in [3.63, 3.8) is 0 Å². The van der Waals surface area contributed by atoms with Crippen LogP contribution < -0.4 is 5.32 Å². The molecule has 1 heterocycles. The summed E-state index contributed by atoms with van der Waals surface area (Å²) in [6.07, 6.45) is 4.33. The third kappa shape index (κ3) is 3.75. The second-order valence-corrected chi connectivity index (χ2v) is 4.74. The van der Waals surface area contributed by atoms with Crippen molar-refractivity contribution < 1.29 is 4.39 Å². The average molecular weight is 279 g/mol. The molecule has 0 amide bonds. The molecular weight excluding hydrogens is 263 g/mol. The number of hydrogen-bond donors (Lipinski definition) is 1. The van der Waals surface area contributed by atoms with Crippen LogP contribution in [0, 0.1) is 5.82 Å². The minimum atomic E-state index is -0.312. The van der Waals surface area contributed by atoms with Crippen molar-refractivity contribution in [3.8, 4) is 0 Å². The van der Waals surface area contributed by atoms with Gasteiger partial charge in [0.2, 0.25) is 0 Å². The molecule has 0 aliphatic heterocycles. The molecule has 0 saturated carbocycles. The highest BCUT2D eigenvalue weighted by molar-refractivity contribution is 6.31. The molecule has 2 rings (SSSR count). The van der Waals surface area contributed by atoms with E-state index in [-0.39, 0.29) is 11.9 Å². The number of hydrogen-bond acceptors (Lipinski definition) is 2. The Morgan fingerprint density at radius 1 is 1.26 bits per heavy atom. The predicted molar refractivity (Wildman–Crippen MR) is 75.8 cm³/mol. The maximum Gasteiger partial charge on any atom is 0.124 e. The Hall–Kier alpha value is -1.45. The van der Waals surface area contributed by atoms with E-state index in [2.05, 4.69) is 10.3 Å². The smallest absolute Gasteiger partial charge is 0.124 e. The molecule has 2 aromatic rings. The monoisotopic (exact) mass is 278 g/mol. The SMILES string of the molecule is CCNC(Cc1ccncc1)c1ccc(F)cc1Cl. The minimum absolute atomic E-state index is 0.0699. The molecule has 4 heteroatoms. The Morgan fingerprint density at radius 2 is 2.00 bits per heavy atom. The summed E-state index contributed by atoms with van der Waals surface area (Å²) in [6, 6.07) is 8.56. The standard InChI is InChI=1S/C15H16ClFN2/c1-2-19-15(9-11-5-7-18-8-6-11)13-4-3-12(17)10-14(13)16/h3-8,10,15,19H,2,9H2,1H3. The van der Waals surface area contributed by atoms with E-state index in [0.717, 1.165) is 18.5 Å². The van der Waals surface area contributed by atoms with E-state index in [1.807, 2.05) is 19.1 Å². The average Bonchev–Trinajstić information content (AvgIpc) is 2.39. The molecule has 2 nitrogen and oxygen atoms in total. The first-order chi connectivity index (χ1) is 9.20. The lowest BCUT2D eigenvalue weighted by molar-refractivity contribution is 0.547. The van der Waals surface area contributed by atoms with E-state index in [9.17, 15) is 4.39 Å². The summed E-state index contributed by atoms with van der Waals surface area (Å²) in [5, 5.41) is 3.84. The van der Waals surface area contributed by atoms with Crippen LogP contribution in [0.4, 0.5) is 4.39 Å². The van der Waals surface area contributed by atoms with Crippen LogP contribution in [0.15, 0.2) is 42.7 Å². The fourth-order valence-corrected chi connectivity index (χ4v) is 2.38. The van der Waals surface area contributed by atoms with Gasteiger partial charge in [-0.2, -0.15) is 0 Å². The van der Waals surface area contributed by atoms with E-state index >= 15 is 0 Å². The van der Waals surface area contributed by atoms with Crippen LogP contribution >= 0.6 is 11.6 Å². The number of likely N-dealkylation sites (N-methyl/N-ethyl adjacent to an activating group) is 1. The summed E-state index contributed by atoms with van der Waals surface area (Å²) in [6.45, 7) is 2.86. The lowest BCUT2D eigenvalue weighted by Gasteiger charge is -2.19. The fourth-order valence-electron chi connectivity index (χ4n) is 2.08. The van der Waals surface area contributed by atoms with E-state index in [1.54, 1.807) is 18.5 Å². The van der Waals surface area contributed by atoms with E-state index in [0.29, 0.717) is 5.02 Å². The van der Waals surface area contributed by atoms with Crippen molar-refractivity contribution in [2.75, 3.05) is 6.54 Å². The molecule has 0 saturated heterocycles. The topological polar surface area (TPSA) is 24.9 Å². The Labute approximate surface area is 117 Å². The molecule has 1 aromatic carbocycles. The molecule has 0 aliphatic rings. The molecule has 0 fully saturated rings. The molecule has 1 unspecified atom stereocenters. The van der Waals surface area contributed by atoms with Gasteiger partial charge in [-0.15, -0.1) is 0 Å².